The zero-order valence-electron chi connectivity index (χ0n) is 13.2. The van der Waals surface area contributed by atoms with Crippen molar-refractivity contribution in [1.29, 1.82) is 0 Å². The third-order valence-corrected chi connectivity index (χ3v) is 3.49. The van der Waals surface area contributed by atoms with Crippen molar-refractivity contribution in [2.45, 2.75) is 45.8 Å². The summed E-state index contributed by atoms with van der Waals surface area (Å²) in [6.45, 7) is 11.8. The average Bonchev–Trinajstić information content (AvgIpc) is 2.37. The van der Waals surface area contributed by atoms with Crippen LogP contribution >= 0.6 is 0 Å². The van der Waals surface area contributed by atoms with E-state index < -0.39 is 0 Å². The van der Waals surface area contributed by atoms with Crippen LogP contribution in [0.15, 0.2) is 6.20 Å². The molecule has 1 aliphatic rings. The van der Waals surface area contributed by atoms with Crippen LogP contribution in [0.5, 0.6) is 0 Å². The summed E-state index contributed by atoms with van der Waals surface area (Å²) in [4.78, 5) is 11.6. The highest BCUT2D eigenvalue weighted by Crippen LogP contribution is 2.25. The van der Waals surface area contributed by atoms with Gasteiger partial charge in [-0.2, -0.15) is 0 Å². The van der Waals surface area contributed by atoms with Gasteiger partial charge in [-0.25, -0.2) is 9.97 Å². The smallest absolute Gasteiger partial charge is 0.131 e. The van der Waals surface area contributed by atoms with Crippen LogP contribution in [-0.4, -0.2) is 42.3 Å². The van der Waals surface area contributed by atoms with Gasteiger partial charge in [-0.05, 0) is 20.9 Å². The number of ether oxygens (including phenoxy) is 1. The quantitative estimate of drug-likeness (QED) is 0.912. The highest BCUT2D eigenvalue weighted by atomic mass is 16.5. The number of rotatable bonds is 4. The molecule has 1 aliphatic heterocycles. The van der Waals surface area contributed by atoms with Crippen molar-refractivity contribution in [3.8, 4) is 0 Å². The molecular formula is C15H26N4O. The lowest BCUT2D eigenvalue weighted by atomic mass is 10.1. The fourth-order valence-electron chi connectivity index (χ4n) is 2.49. The third kappa shape index (κ3) is 3.46. The van der Waals surface area contributed by atoms with Crippen LogP contribution in [0.2, 0.25) is 0 Å². The summed E-state index contributed by atoms with van der Waals surface area (Å²) < 4.78 is 5.78. The maximum absolute atomic E-state index is 5.78. The molecule has 2 rings (SSSR count). The molecule has 0 amide bonds. The molecule has 20 heavy (non-hydrogen) atoms. The van der Waals surface area contributed by atoms with E-state index in [9.17, 15) is 0 Å². The molecule has 0 aromatic carbocycles. The summed E-state index contributed by atoms with van der Waals surface area (Å²) in [5, 5.41) is 3.20. The number of anilines is 1. The molecule has 0 aliphatic carbocycles. The Hall–Kier alpha value is -1.20. The highest BCUT2D eigenvalue weighted by Gasteiger charge is 2.29. The summed E-state index contributed by atoms with van der Waals surface area (Å²) in [6, 6.07) is 0. The summed E-state index contributed by atoms with van der Waals surface area (Å²) >= 11 is 0. The molecule has 112 valence electrons. The number of hydrogen-bond acceptors (Lipinski definition) is 5. The molecule has 0 radical (unpaired) electrons. The van der Waals surface area contributed by atoms with Gasteiger partial charge in [-0.15, -0.1) is 0 Å². The van der Waals surface area contributed by atoms with Crippen LogP contribution in [0.3, 0.4) is 0 Å². The van der Waals surface area contributed by atoms with Gasteiger partial charge in [0.2, 0.25) is 0 Å². The van der Waals surface area contributed by atoms with Crippen molar-refractivity contribution >= 4 is 5.69 Å². The van der Waals surface area contributed by atoms with Gasteiger partial charge in [0.1, 0.15) is 5.82 Å². The van der Waals surface area contributed by atoms with Gasteiger partial charge < -0.3 is 15.0 Å². The summed E-state index contributed by atoms with van der Waals surface area (Å²) in [6.07, 6.45) is 1.97. The van der Waals surface area contributed by atoms with Crippen LogP contribution < -0.4 is 10.2 Å². The minimum atomic E-state index is -0.119. The summed E-state index contributed by atoms with van der Waals surface area (Å²) in [7, 11) is 1.95. The average molecular weight is 278 g/mol. The van der Waals surface area contributed by atoms with Crippen LogP contribution in [-0.2, 0) is 11.3 Å². The molecule has 1 saturated heterocycles. The molecule has 0 unspecified atom stereocenters. The van der Waals surface area contributed by atoms with Crippen LogP contribution in [0.1, 0.15) is 45.1 Å². The van der Waals surface area contributed by atoms with E-state index >= 15 is 0 Å². The maximum Gasteiger partial charge on any atom is 0.131 e. The fourth-order valence-corrected chi connectivity index (χ4v) is 2.49. The number of aromatic nitrogens is 2. The molecular weight excluding hydrogens is 252 g/mol. The van der Waals surface area contributed by atoms with Crippen LogP contribution in [0.4, 0.5) is 5.69 Å². The van der Waals surface area contributed by atoms with Crippen molar-refractivity contribution in [2.75, 3.05) is 31.6 Å². The summed E-state index contributed by atoms with van der Waals surface area (Å²) in [5.74, 6) is 1.26. The minimum Gasteiger partial charge on any atom is -0.372 e. The van der Waals surface area contributed by atoms with Crippen molar-refractivity contribution in [3.05, 3.63) is 17.7 Å². The first kappa shape index (κ1) is 15.2. The van der Waals surface area contributed by atoms with Crippen molar-refractivity contribution < 1.29 is 4.74 Å². The van der Waals surface area contributed by atoms with E-state index in [1.165, 1.54) is 0 Å². The molecule has 1 fully saturated rings. The van der Waals surface area contributed by atoms with Crippen LogP contribution in [0.25, 0.3) is 0 Å². The van der Waals surface area contributed by atoms with E-state index in [1.807, 2.05) is 13.2 Å². The second-order valence-electron chi connectivity index (χ2n) is 6.27. The van der Waals surface area contributed by atoms with Gasteiger partial charge in [0.05, 0.1) is 29.8 Å². The predicted octanol–water partition coefficient (Wildman–Crippen LogP) is 1.93. The lowest BCUT2D eigenvalue weighted by molar-refractivity contribution is -0.0277. The number of nitrogens with zero attached hydrogens (tertiary/aromatic N) is 3. The van der Waals surface area contributed by atoms with Crippen molar-refractivity contribution in [2.24, 2.45) is 0 Å². The molecule has 1 aromatic rings. The van der Waals surface area contributed by atoms with Gasteiger partial charge in [0.15, 0.2) is 0 Å². The van der Waals surface area contributed by atoms with E-state index in [1.54, 1.807) is 0 Å². The van der Waals surface area contributed by atoms with Gasteiger partial charge in [-0.3, -0.25) is 0 Å². The highest BCUT2D eigenvalue weighted by molar-refractivity contribution is 5.50. The van der Waals surface area contributed by atoms with Gasteiger partial charge >= 0.3 is 0 Å². The Balaban J connectivity index is 2.30. The van der Waals surface area contributed by atoms with Gasteiger partial charge in [-0.1, -0.05) is 13.8 Å². The fraction of sp³-hybridized carbons (Fsp3) is 0.733. The molecule has 5 nitrogen and oxygen atoms in total. The largest absolute Gasteiger partial charge is 0.372 e. The zero-order valence-corrected chi connectivity index (χ0v) is 13.2. The molecule has 2 heterocycles. The lowest BCUT2D eigenvalue weighted by Gasteiger charge is -2.39. The summed E-state index contributed by atoms with van der Waals surface area (Å²) in [5.41, 5.74) is 2.08. The van der Waals surface area contributed by atoms with Crippen molar-refractivity contribution in [3.63, 3.8) is 0 Å². The second kappa shape index (κ2) is 6.06. The molecule has 5 heteroatoms. The van der Waals surface area contributed by atoms with Gasteiger partial charge in [0, 0.05) is 25.6 Å². The standard InChI is InChI=1S/C15H26N4O/c1-11(2)14-17-9-13(12(18-14)8-16-5)19-6-7-20-15(3,4)10-19/h9,11,16H,6-8,10H2,1-5H3. The normalized spacial score (nSPS) is 18.6. The SMILES string of the molecule is CNCc1nc(C(C)C)ncc1N1CCOC(C)(C)C1. The Morgan fingerprint density at radius 3 is 2.80 bits per heavy atom. The van der Waals surface area contributed by atoms with Crippen LogP contribution in [0, 0.1) is 0 Å². The Kier molecular flexibility index (Phi) is 4.60. The number of morpholine rings is 1. The molecule has 0 atom stereocenters. The van der Waals surface area contributed by atoms with E-state index in [-0.39, 0.29) is 5.60 Å². The van der Waals surface area contributed by atoms with Crippen molar-refractivity contribution in [1.82, 2.24) is 15.3 Å². The minimum absolute atomic E-state index is 0.119. The predicted molar refractivity (Wildman–Crippen MR) is 81.1 cm³/mol. The monoisotopic (exact) mass is 278 g/mol. The lowest BCUT2D eigenvalue weighted by Crippen LogP contribution is -2.48. The molecule has 0 saturated carbocycles. The molecule has 0 bridgehead atoms. The maximum atomic E-state index is 5.78. The second-order valence-corrected chi connectivity index (χ2v) is 6.27. The molecule has 1 aromatic heterocycles. The van der Waals surface area contributed by atoms with Gasteiger partial charge in [0.25, 0.3) is 0 Å². The first-order valence-corrected chi connectivity index (χ1v) is 7.32. The van der Waals surface area contributed by atoms with E-state index in [0.717, 1.165) is 43.4 Å². The Morgan fingerprint density at radius 1 is 1.45 bits per heavy atom. The van der Waals surface area contributed by atoms with E-state index in [4.69, 9.17) is 9.72 Å². The first-order valence-electron chi connectivity index (χ1n) is 7.32. The first-order chi connectivity index (χ1) is 9.43. The zero-order chi connectivity index (χ0) is 14.8. The number of hydrogen-bond donors (Lipinski definition) is 1. The van der Waals surface area contributed by atoms with E-state index in [0.29, 0.717) is 5.92 Å². The Morgan fingerprint density at radius 2 is 2.20 bits per heavy atom. The molecule has 1 N–H and O–H groups in total. The van der Waals surface area contributed by atoms with E-state index in [2.05, 4.69) is 42.9 Å². The Labute approximate surface area is 121 Å². The topological polar surface area (TPSA) is 50.3 Å². The number of nitrogens with one attached hydrogen (secondary N) is 1. The third-order valence-electron chi connectivity index (χ3n) is 3.49. The molecule has 0 spiro atoms. The Bertz CT molecular complexity index is 459.